The van der Waals surface area contributed by atoms with Gasteiger partial charge in [0.2, 0.25) is 0 Å². The number of hydrogen-bond acceptors (Lipinski definition) is 6. The average Bonchev–Trinajstić information content (AvgIpc) is 3.11. The number of esters is 2. The van der Waals surface area contributed by atoms with E-state index >= 15 is 0 Å². The maximum Gasteiger partial charge on any atom is 0.306 e. The highest BCUT2D eigenvalue weighted by Gasteiger charge is 2.14. The number of nitrogens with zero attached hydrogens (tertiary/aromatic N) is 1. The van der Waals surface area contributed by atoms with Crippen molar-refractivity contribution < 1.29 is 24.2 Å². The molecule has 0 fully saturated rings. The molecule has 0 aliphatic heterocycles. The lowest BCUT2D eigenvalue weighted by molar-refractivity contribution is -0.150. The van der Waals surface area contributed by atoms with E-state index in [9.17, 15) is 14.7 Å². The minimum atomic E-state index is -0.0760. The van der Waals surface area contributed by atoms with Gasteiger partial charge in [-0.25, -0.2) is 0 Å². The Kier molecular flexibility index (Phi) is 38.9. The summed E-state index contributed by atoms with van der Waals surface area (Å²) in [6, 6.07) is 0. The number of aliphatic hydroxyl groups is 1. The Morgan fingerprint density at radius 3 is 1.52 bits per heavy atom. The summed E-state index contributed by atoms with van der Waals surface area (Å²) in [5.74, 6) is 6.19. The van der Waals surface area contributed by atoms with Crippen molar-refractivity contribution in [3.63, 3.8) is 0 Å². The van der Waals surface area contributed by atoms with Crippen molar-refractivity contribution in [2.45, 2.75) is 226 Å². The Bertz CT molecular complexity index is 775. The number of ether oxygens (including phenoxy) is 2. The summed E-state index contributed by atoms with van der Waals surface area (Å²) in [5.41, 5.74) is 0. The van der Waals surface area contributed by atoms with Gasteiger partial charge in [-0.1, -0.05) is 124 Å². The normalized spacial score (nSPS) is 11.2. The number of carbonyl (C=O) groups is 2. The Balaban J connectivity index is 4.06. The van der Waals surface area contributed by atoms with Crippen LogP contribution in [0.3, 0.4) is 0 Å². The van der Waals surface area contributed by atoms with E-state index in [-0.39, 0.29) is 24.6 Å². The molecule has 0 saturated carbocycles. The highest BCUT2D eigenvalue weighted by Crippen LogP contribution is 2.18. The molecule has 0 heterocycles. The quantitative estimate of drug-likeness (QED) is 0.0391. The molecule has 0 aromatic carbocycles. The average molecular weight is 706 g/mol. The van der Waals surface area contributed by atoms with Gasteiger partial charge in [0.25, 0.3) is 0 Å². The van der Waals surface area contributed by atoms with Crippen molar-refractivity contribution in [1.29, 1.82) is 0 Å². The second kappa shape index (κ2) is 40.2. The lowest BCUT2D eigenvalue weighted by Crippen LogP contribution is -2.27. The topological polar surface area (TPSA) is 76.1 Å². The Morgan fingerprint density at radius 2 is 0.980 bits per heavy atom. The zero-order chi connectivity index (χ0) is 36.6. The first kappa shape index (κ1) is 48.4. The summed E-state index contributed by atoms with van der Waals surface area (Å²) in [7, 11) is 0. The molecule has 0 rings (SSSR count). The van der Waals surface area contributed by atoms with Crippen LogP contribution in [0.5, 0.6) is 0 Å². The molecule has 50 heavy (non-hydrogen) atoms. The van der Waals surface area contributed by atoms with E-state index in [4.69, 9.17) is 9.47 Å². The fraction of sp³-hybridized carbons (Fsp3) is 0.909. The molecule has 0 aromatic rings. The number of unbranched alkanes of at least 4 members (excludes halogenated alkanes) is 20. The summed E-state index contributed by atoms with van der Waals surface area (Å²) in [4.78, 5) is 27.1. The Labute approximate surface area is 311 Å². The van der Waals surface area contributed by atoms with Crippen molar-refractivity contribution >= 4 is 11.9 Å². The third-order valence-corrected chi connectivity index (χ3v) is 9.61. The molecule has 0 bridgehead atoms. The van der Waals surface area contributed by atoms with Crippen LogP contribution in [-0.2, 0) is 19.1 Å². The van der Waals surface area contributed by atoms with Gasteiger partial charge in [-0.05, 0) is 83.7 Å². The fourth-order valence-corrected chi connectivity index (χ4v) is 6.43. The highest BCUT2D eigenvalue weighted by molar-refractivity contribution is 5.69. The van der Waals surface area contributed by atoms with Gasteiger partial charge in [-0.3, -0.25) is 9.59 Å². The third-order valence-electron chi connectivity index (χ3n) is 9.61. The molecule has 0 radical (unpaired) electrons. The largest absolute Gasteiger partial charge is 0.466 e. The molecular weight excluding hydrogens is 622 g/mol. The van der Waals surface area contributed by atoms with E-state index in [2.05, 4.69) is 37.5 Å². The van der Waals surface area contributed by atoms with Crippen LogP contribution in [0.15, 0.2) is 0 Å². The molecule has 1 N–H and O–H groups in total. The molecule has 0 amide bonds. The summed E-state index contributed by atoms with van der Waals surface area (Å²) in [6.45, 7) is 10.5. The van der Waals surface area contributed by atoms with Crippen molar-refractivity contribution in [2.75, 3.05) is 32.8 Å². The van der Waals surface area contributed by atoms with Crippen molar-refractivity contribution in [3.05, 3.63) is 0 Å². The lowest BCUT2D eigenvalue weighted by atomic mass is 10.0. The standard InChI is InChI=1S/C44H83NO5/c1-4-7-10-13-18-25-33-42(34-26-19-14-11-8-5-2)50-44(48)36-28-21-17-23-30-38-45(39-32-40-46)37-29-22-16-20-27-35-43(47)49-41-31-24-15-12-9-6-3/h42,46H,4-11,13-14,16-41H2,1-3H3. The number of aliphatic hydroxyl groups excluding tert-OH is 1. The van der Waals surface area contributed by atoms with Gasteiger partial charge in [-0.2, -0.15) is 0 Å². The van der Waals surface area contributed by atoms with E-state index in [0.717, 1.165) is 110 Å². The maximum absolute atomic E-state index is 12.7. The smallest absolute Gasteiger partial charge is 0.306 e. The molecule has 0 aromatic heterocycles. The van der Waals surface area contributed by atoms with Crippen molar-refractivity contribution in [1.82, 2.24) is 4.90 Å². The fourth-order valence-electron chi connectivity index (χ4n) is 6.43. The van der Waals surface area contributed by atoms with Gasteiger partial charge in [0.1, 0.15) is 6.10 Å². The van der Waals surface area contributed by atoms with Gasteiger partial charge in [0.15, 0.2) is 0 Å². The lowest BCUT2D eigenvalue weighted by Gasteiger charge is -2.22. The molecule has 0 unspecified atom stereocenters. The van der Waals surface area contributed by atoms with Crippen LogP contribution >= 0.6 is 0 Å². The second-order valence-electron chi connectivity index (χ2n) is 14.6. The molecule has 6 heteroatoms. The Hall–Kier alpha value is -1.58. The molecule has 6 nitrogen and oxygen atoms in total. The van der Waals surface area contributed by atoms with E-state index in [1.165, 1.54) is 96.3 Å². The molecule has 0 atom stereocenters. The van der Waals surface area contributed by atoms with Crippen LogP contribution < -0.4 is 0 Å². The number of hydrogen-bond donors (Lipinski definition) is 1. The Morgan fingerprint density at radius 1 is 0.520 bits per heavy atom. The van der Waals surface area contributed by atoms with Crippen LogP contribution in [0.4, 0.5) is 0 Å². The van der Waals surface area contributed by atoms with E-state index < -0.39 is 0 Å². The minimum Gasteiger partial charge on any atom is -0.466 e. The molecule has 294 valence electrons. The van der Waals surface area contributed by atoms with Crippen molar-refractivity contribution in [2.24, 2.45) is 0 Å². The van der Waals surface area contributed by atoms with Crippen LogP contribution in [0.25, 0.3) is 0 Å². The third kappa shape index (κ3) is 36.2. The first-order valence-electron chi connectivity index (χ1n) is 21.7. The SMILES string of the molecule is CCCC#CCCCOC(=O)CCCCCCCN(CCCO)CCCCCCCC(=O)OC(CCCCCCCC)CCCCCCCC. The monoisotopic (exact) mass is 706 g/mol. The number of carbonyl (C=O) groups excluding carboxylic acids is 2. The van der Waals surface area contributed by atoms with Gasteiger partial charge < -0.3 is 19.5 Å². The predicted octanol–water partition coefficient (Wildman–Crippen LogP) is 11.9. The number of rotatable bonds is 38. The molecule has 0 spiro atoms. The summed E-state index contributed by atoms with van der Waals surface area (Å²) < 4.78 is 11.4. The van der Waals surface area contributed by atoms with Crippen LogP contribution in [-0.4, -0.2) is 60.9 Å². The summed E-state index contributed by atoms with van der Waals surface area (Å²) >= 11 is 0. The van der Waals surface area contributed by atoms with Gasteiger partial charge in [-0.15, -0.1) is 11.8 Å². The second-order valence-corrected chi connectivity index (χ2v) is 14.6. The zero-order valence-corrected chi connectivity index (χ0v) is 33.6. The van der Waals surface area contributed by atoms with Crippen LogP contribution in [0.1, 0.15) is 220 Å². The van der Waals surface area contributed by atoms with Crippen molar-refractivity contribution in [3.8, 4) is 11.8 Å². The first-order valence-corrected chi connectivity index (χ1v) is 21.7. The van der Waals surface area contributed by atoms with Crippen LogP contribution in [0.2, 0.25) is 0 Å². The van der Waals surface area contributed by atoms with E-state index in [1.54, 1.807) is 0 Å². The van der Waals surface area contributed by atoms with E-state index in [1.807, 2.05) is 0 Å². The highest BCUT2D eigenvalue weighted by atomic mass is 16.5. The van der Waals surface area contributed by atoms with Gasteiger partial charge in [0.05, 0.1) is 6.61 Å². The molecule has 0 aliphatic rings. The predicted molar refractivity (Wildman–Crippen MR) is 212 cm³/mol. The maximum atomic E-state index is 12.7. The minimum absolute atomic E-state index is 0.0151. The molecule has 0 aliphatic carbocycles. The zero-order valence-electron chi connectivity index (χ0n) is 33.6. The molecular formula is C44H83NO5. The van der Waals surface area contributed by atoms with Gasteiger partial charge in [0, 0.05) is 38.8 Å². The molecule has 0 saturated heterocycles. The van der Waals surface area contributed by atoms with E-state index in [0.29, 0.717) is 19.4 Å². The van der Waals surface area contributed by atoms with Gasteiger partial charge >= 0.3 is 11.9 Å². The first-order chi connectivity index (χ1) is 24.6. The van der Waals surface area contributed by atoms with Crippen LogP contribution in [0, 0.1) is 11.8 Å². The summed E-state index contributed by atoms with van der Waals surface area (Å²) in [6.07, 6.45) is 34.1. The summed E-state index contributed by atoms with van der Waals surface area (Å²) in [5, 5.41) is 9.36.